The van der Waals surface area contributed by atoms with Crippen molar-refractivity contribution in [3.8, 4) is 0 Å². The summed E-state index contributed by atoms with van der Waals surface area (Å²) in [6, 6.07) is -0.433. The largest absolute Gasteiger partial charge is 0.467 e. The first kappa shape index (κ1) is 21.7. The molecule has 32 heavy (non-hydrogen) atoms. The van der Waals surface area contributed by atoms with Gasteiger partial charge in [-0.3, -0.25) is 14.4 Å². The number of hydrogen-bond acceptors (Lipinski definition) is 5. The number of fused-ring (bicyclic) bond motifs is 1. The van der Waals surface area contributed by atoms with E-state index < -0.39 is 35.5 Å². The van der Waals surface area contributed by atoms with Gasteiger partial charge in [0.1, 0.15) is 6.04 Å². The van der Waals surface area contributed by atoms with Crippen LogP contribution in [0, 0.1) is 17.5 Å². The topological polar surface area (TPSA) is 96.8 Å². The van der Waals surface area contributed by atoms with Crippen molar-refractivity contribution in [1.82, 2.24) is 14.7 Å². The molecule has 2 atom stereocenters. The third-order valence-electron chi connectivity index (χ3n) is 5.66. The first-order chi connectivity index (χ1) is 15.2. The summed E-state index contributed by atoms with van der Waals surface area (Å²) in [5.74, 6) is -5.28. The number of carbonyl (C=O) groups excluding carboxylic acids is 3. The van der Waals surface area contributed by atoms with E-state index in [0.717, 1.165) is 0 Å². The molecule has 0 spiro atoms. The molecule has 3 heterocycles. The Hall–Kier alpha value is -3.57. The summed E-state index contributed by atoms with van der Waals surface area (Å²) in [7, 11) is 1.24. The number of benzene rings is 1. The second-order valence-electron chi connectivity index (χ2n) is 7.66. The van der Waals surface area contributed by atoms with Gasteiger partial charge in [-0.25, -0.2) is 22.8 Å². The van der Waals surface area contributed by atoms with Crippen LogP contribution in [0.2, 0.25) is 0 Å². The van der Waals surface area contributed by atoms with Crippen LogP contribution in [-0.2, 0) is 27.4 Å². The Morgan fingerprint density at radius 3 is 2.56 bits per heavy atom. The van der Waals surface area contributed by atoms with Crippen molar-refractivity contribution in [2.24, 2.45) is 0 Å². The summed E-state index contributed by atoms with van der Waals surface area (Å²) in [6.45, 7) is 2.07. The summed E-state index contributed by atoms with van der Waals surface area (Å²) in [6.07, 6.45) is 1.94. The van der Waals surface area contributed by atoms with Crippen LogP contribution in [0.1, 0.15) is 25.5 Å². The molecule has 1 saturated heterocycles. The predicted octanol–water partition coefficient (Wildman–Crippen LogP) is 2.41. The monoisotopic (exact) mass is 451 g/mol. The van der Waals surface area contributed by atoms with Gasteiger partial charge < -0.3 is 15.0 Å². The number of anilines is 2. The molecule has 4 rings (SSSR count). The lowest BCUT2D eigenvalue weighted by Gasteiger charge is -2.35. The van der Waals surface area contributed by atoms with E-state index in [-0.39, 0.29) is 30.6 Å². The van der Waals surface area contributed by atoms with E-state index >= 15 is 0 Å². The zero-order valence-corrected chi connectivity index (χ0v) is 17.3. The maximum atomic E-state index is 13.5. The van der Waals surface area contributed by atoms with Gasteiger partial charge in [0.25, 0.3) is 0 Å². The minimum absolute atomic E-state index is 0.0200. The fourth-order valence-corrected chi connectivity index (χ4v) is 4.03. The van der Waals surface area contributed by atoms with Crippen LogP contribution in [0.3, 0.4) is 0 Å². The molecule has 0 radical (unpaired) electrons. The lowest BCUT2D eigenvalue weighted by molar-refractivity contribution is -0.142. The Morgan fingerprint density at radius 1 is 1.22 bits per heavy atom. The number of aromatic nitrogens is 2. The summed E-state index contributed by atoms with van der Waals surface area (Å²) in [5, 5.41) is 6.65. The highest BCUT2D eigenvalue weighted by Crippen LogP contribution is 2.33. The van der Waals surface area contributed by atoms with E-state index in [0.29, 0.717) is 36.5 Å². The molecule has 9 nitrogen and oxygen atoms in total. The number of ether oxygens (including phenoxy) is 1. The maximum absolute atomic E-state index is 13.5. The summed E-state index contributed by atoms with van der Waals surface area (Å²) in [4.78, 5) is 40.2. The molecule has 12 heteroatoms. The average molecular weight is 451 g/mol. The fourth-order valence-electron chi connectivity index (χ4n) is 4.03. The number of carbonyl (C=O) groups is 3. The standard InChI is InChI=1S/C20H20F3N5O4/c1-10-8-27-16(15(7-24-27)28-14(19(30)32-2)3-4-17(28)29)9-26(10)20(31)25-11-5-12(21)18(23)13(22)6-11/h5-7,10,14H,3-4,8-9H2,1-2H3,(H,25,31)/t10-,14-/m0/s1. The van der Waals surface area contributed by atoms with Gasteiger partial charge in [0.15, 0.2) is 17.5 Å². The average Bonchev–Trinajstić information content (AvgIpc) is 3.32. The molecular weight excluding hydrogens is 431 g/mol. The lowest BCUT2D eigenvalue weighted by Crippen LogP contribution is -2.47. The highest BCUT2D eigenvalue weighted by molar-refractivity contribution is 6.03. The smallest absolute Gasteiger partial charge is 0.328 e. The van der Waals surface area contributed by atoms with Gasteiger partial charge in [-0.15, -0.1) is 0 Å². The van der Waals surface area contributed by atoms with Crippen molar-refractivity contribution in [3.05, 3.63) is 41.5 Å². The number of urea groups is 1. The molecule has 3 amide bonds. The molecule has 2 aliphatic heterocycles. The fraction of sp³-hybridized carbons (Fsp3) is 0.400. The molecular formula is C20H20F3N5O4. The van der Waals surface area contributed by atoms with Crippen molar-refractivity contribution in [3.63, 3.8) is 0 Å². The number of nitrogens with one attached hydrogen (secondary N) is 1. The van der Waals surface area contributed by atoms with E-state index in [2.05, 4.69) is 10.4 Å². The van der Waals surface area contributed by atoms with Crippen LogP contribution in [0.25, 0.3) is 0 Å². The second-order valence-corrected chi connectivity index (χ2v) is 7.66. The molecule has 1 N–H and O–H groups in total. The predicted molar refractivity (Wildman–Crippen MR) is 105 cm³/mol. The van der Waals surface area contributed by atoms with Gasteiger partial charge in [-0.2, -0.15) is 5.10 Å². The Labute approximate surface area is 180 Å². The number of esters is 1. The minimum atomic E-state index is -1.63. The van der Waals surface area contributed by atoms with Crippen LogP contribution in [0.15, 0.2) is 18.3 Å². The first-order valence-electron chi connectivity index (χ1n) is 9.88. The van der Waals surface area contributed by atoms with Crippen LogP contribution in [0.5, 0.6) is 0 Å². The number of methoxy groups -OCH3 is 1. The zero-order chi connectivity index (χ0) is 23.2. The molecule has 2 aromatic rings. The van der Waals surface area contributed by atoms with Crippen molar-refractivity contribution in [2.75, 3.05) is 17.3 Å². The van der Waals surface area contributed by atoms with Gasteiger partial charge in [-0.1, -0.05) is 0 Å². The van der Waals surface area contributed by atoms with E-state index in [1.54, 1.807) is 11.6 Å². The molecule has 0 saturated carbocycles. The Morgan fingerprint density at radius 2 is 1.91 bits per heavy atom. The number of rotatable bonds is 3. The van der Waals surface area contributed by atoms with E-state index in [9.17, 15) is 27.6 Å². The summed E-state index contributed by atoms with van der Waals surface area (Å²) >= 11 is 0. The molecule has 0 aliphatic carbocycles. The van der Waals surface area contributed by atoms with Crippen molar-refractivity contribution in [1.29, 1.82) is 0 Å². The van der Waals surface area contributed by atoms with Gasteiger partial charge in [0.05, 0.1) is 43.8 Å². The molecule has 0 unspecified atom stereocenters. The molecule has 0 bridgehead atoms. The SMILES string of the molecule is COC(=O)[C@@H]1CCC(=O)N1c1cnn2c1CN(C(=O)Nc1cc(F)c(F)c(F)c1)[C@@H](C)C2. The van der Waals surface area contributed by atoms with Gasteiger partial charge >= 0.3 is 12.0 Å². The highest BCUT2D eigenvalue weighted by atomic mass is 19.2. The molecule has 2 aliphatic rings. The van der Waals surface area contributed by atoms with Crippen LogP contribution < -0.4 is 10.2 Å². The number of amides is 3. The van der Waals surface area contributed by atoms with Crippen molar-refractivity contribution >= 4 is 29.3 Å². The Kier molecular flexibility index (Phi) is 5.53. The molecule has 1 aromatic carbocycles. The summed E-state index contributed by atoms with van der Waals surface area (Å²) in [5.41, 5.74) is 0.684. The van der Waals surface area contributed by atoms with Crippen molar-refractivity contribution < 1.29 is 32.3 Å². The quantitative estimate of drug-likeness (QED) is 0.571. The first-order valence-corrected chi connectivity index (χ1v) is 9.88. The normalized spacial score (nSPS) is 20.3. The van der Waals surface area contributed by atoms with Crippen LogP contribution in [-0.4, -0.2) is 51.8 Å². The number of halogens is 3. The highest BCUT2D eigenvalue weighted by Gasteiger charge is 2.41. The van der Waals surface area contributed by atoms with Gasteiger partial charge in [0.2, 0.25) is 5.91 Å². The van der Waals surface area contributed by atoms with Crippen LogP contribution >= 0.6 is 0 Å². The number of hydrogen-bond donors (Lipinski definition) is 1. The van der Waals surface area contributed by atoms with E-state index in [1.807, 2.05) is 0 Å². The van der Waals surface area contributed by atoms with E-state index in [4.69, 9.17) is 4.74 Å². The molecule has 1 aromatic heterocycles. The Balaban J connectivity index is 1.59. The van der Waals surface area contributed by atoms with Crippen molar-refractivity contribution in [2.45, 2.75) is 44.9 Å². The zero-order valence-electron chi connectivity index (χ0n) is 17.3. The van der Waals surface area contributed by atoms with Gasteiger partial charge in [-0.05, 0) is 13.3 Å². The van der Waals surface area contributed by atoms with Gasteiger partial charge in [0, 0.05) is 24.2 Å². The van der Waals surface area contributed by atoms with Crippen LogP contribution in [0.4, 0.5) is 29.3 Å². The minimum Gasteiger partial charge on any atom is -0.467 e. The lowest BCUT2D eigenvalue weighted by atomic mass is 10.1. The third-order valence-corrected chi connectivity index (χ3v) is 5.66. The van der Waals surface area contributed by atoms with E-state index in [1.165, 1.54) is 23.1 Å². The second kappa shape index (κ2) is 8.17. The molecule has 170 valence electrons. The summed E-state index contributed by atoms with van der Waals surface area (Å²) < 4.78 is 46.6. The molecule has 1 fully saturated rings. The maximum Gasteiger partial charge on any atom is 0.328 e. The Bertz CT molecular complexity index is 1080. The third kappa shape index (κ3) is 3.65. The number of nitrogens with zero attached hydrogens (tertiary/aromatic N) is 4.